The van der Waals surface area contributed by atoms with E-state index in [0.717, 1.165) is 6.08 Å². The third-order valence-electron chi connectivity index (χ3n) is 4.79. The van der Waals surface area contributed by atoms with Crippen molar-refractivity contribution in [2.45, 2.75) is 0 Å². The van der Waals surface area contributed by atoms with Gasteiger partial charge in [-0.3, -0.25) is 14.0 Å². The van der Waals surface area contributed by atoms with Crippen molar-refractivity contribution in [2.75, 3.05) is 12.4 Å². The van der Waals surface area contributed by atoms with Gasteiger partial charge in [-0.25, -0.2) is 0 Å². The lowest BCUT2D eigenvalue weighted by Gasteiger charge is -2.12. The minimum atomic E-state index is -0.739. The maximum atomic E-state index is 13.3. The maximum absolute atomic E-state index is 13.3. The van der Waals surface area contributed by atoms with Crippen LogP contribution in [0.1, 0.15) is 5.56 Å². The highest BCUT2D eigenvalue weighted by Gasteiger charge is 2.19. The van der Waals surface area contributed by atoms with Crippen molar-refractivity contribution in [3.05, 3.63) is 99.4 Å². The summed E-state index contributed by atoms with van der Waals surface area (Å²) in [5.74, 6) is -0.0919. The summed E-state index contributed by atoms with van der Waals surface area (Å²) in [6.07, 6.45) is 2.68. The Bertz CT molecular complexity index is 1520. The Morgan fingerprint density at radius 3 is 2.53 bits per heavy atom. The number of nitrogens with one attached hydrogen (secondary N) is 1. The van der Waals surface area contributed by atoms with Crippen molar-refractivity contribution in [3.8, 4) is 23.4 Å². The van der Waals surface area contributed by atoms with Crippen LogP contribution in [-0.2, 0) is 4.79 Å². The summed E-state index contributed by atoms with van der Waals surface area (Å²) in [5.41, 5.74) is -0.281. The monoisotopic (exact) mass is 472 g/mol. The first-order chi connectivity index (χ1) is 16.5. The van der Waals surface area contributed by atoms with Gasteiger partial charge >= 0.3 is 0 Å². The smallest absolute Gasteiger partial charge is 0.269 e. The van der Waals surface area contributed by atoms with E-state index in [1.54, 1.807) is 66.7 Å². The first-order valence-electron chi connectivity index (χ1n) is 10.0. The Morgan fingerprint density at radius 2 is 1.79 bits per heavy atom. The molecular formula is C25H17ClN4O4. The second-order valence-corrected chi connectivity index (χ2v) is 7.33. The fourth-order valence-corrected chi connectivity index (χ4v) is 3.32. The van der Waals surface area contributed by atoms with E-state index in [9.17, 15) is 14.9 Å². The molecule has 168 valence electrons. The molecule has 0 saturated heterocycles. The highest BCUT2D eigenvalue weighted by molar-refractivity contribution is 6.34. The van der Waals surface area contributed by atoms with Gasteiger partial charge in [0.15, 0.2) is 11.5 Å². The van der Waals surface area contributed by atoms with Crippen LogP contribution in [-0.4, -0.2) is 22.4 Å². The molecule has 0 bridgehead atoms. The van der Waals surface area contributed by atoms with E-state index in [-0.39, 0.29) is 17.0 Å². The van der Waals surface area contributed by atoms with Crippen LogP contribution in [0.25, 0.3) is 11.7 Å². The lowest BCUT2D eigenvalue weighted by molar-refractivity contribution is -0.112. The van der Waals surface area contributed by atoms with Gasteiger partial charge < -0.3 is 14.8 Å². The van der Waals surface area contributed by atoms with Gasteiger partial charge in [-0.2, -0.15) is 10.2 Å². The van der Waals surface area contributed by atoms with Gasteiger partial charge in [0.05, 0.1) is 17.8 Å². The summed E-state index contributed by atoms with van der Waals surface area (Å²) >= 11 is 6.10. The summed E-state index contributed by atoms with van der Waals surface area (Å²) in [6, 6.07) is 20.3. The first-order valence-corrected chi connectivity index (χ1v) is 10.4. The van der Waals surface area contributed by atoms with Gasteiger partial charge in [0, 0.05) is 6.20 Å². The fourth-order valence-electron chi connectivity index (χ4n) is 3.14. The molecular weight excluding hydrogens is 456 g/mol. The van der Waals surface area contributed by atoms with Gasteiger partial charge in [-0.15, -0.1) is 0 Å². The van der Waals surface area contributed by atoms with Crippen molar-refractivity contribution in [2.24, 2.45) is 0 Å². The quantitative estimate of drug-likeness (QED) is 0.322. The number of hydrogen-bond acceptors (Lipinski definition) is 6. The molecule has 4 aromatic rings. The number of hydrogen-bond donors (Lipinski definition) is 1. The molecule has 0 spiro atoms. The van der Waals surface area contributed by atoms with Crippen molar-refractivity contribution in [1.82, 2.24) is 9.38 Å². The SMILES string of the molecule is COc1ccccc1Oc1nc2ccccn2c(=O)c1/C=C(/C#N)C(=O)Nc1ccccc1Cl. The minimum absolute atomic E-state index is 0.0829. The number of para-hydroxylation sites is 3. The van der Waals surface area contributed by atoms with E-state index in [2.05, 4.69) is 10.3 Å². The number of aromatic nitrogens is 2. The van der Waals surface area contributed by atoms with Crippen LogP contribution in [0, 0.1) is 11.3 Å². The molecule has 0 radical (unpaired) electrons. The number of methoxy groups -OCH3 is 1. The molecule has 1 N–H and O–H groups in total. The zero-order chi connectivity index (χ0) is 24.1. The number of rotatable bonds is 6. The van der Waals surface area contributed by atoms with Crippen LogP contribution in [0.4, 0.5) is 5.69 Å². The maximum Gasteiger partial charge on any atom is 0.269 e. The van der Waals surface area contributed by atoms with Gasteiger partial charge in [-0.1, -0.05) is 41.9 Å². The van der Waals surface area contributed by atoms with Crippen LogP contribution in [0.15, 0.2) is 83.3 Å². The van der Waals surface area contributed by atoms with E-state index in [0.29, 0.717) is 27.9 Å². The molecule has 0 unspecified atom stereocenters. The first kappa shape index (κ1) is 22.6. The van der Waals surface area contributed by atoms with Gasteiger partial charge in [-0.05, 0) is 42.5 Å². The predicted molar refractivity (Wildman–Crippen MR) is 128 cm³/mol. The van der Waals surface area contributed by atoms with E-state index >= 15 is 0 Å². The number of carbonyl (C=O) groups is 1. The Kier molecular flexibility index (Phi) is 6.57. The zero-order valence-electron chi connectivity index (χ0n) is 17.9. The molecule has 34 heavy (non-hydrogen) atoms. The zero-order valence-corrected chi connectivity index (χ0v) is 18.6. The largest absolute Gasteiger partial charge is 0.493 e. The number of amides is 1. The van der Waals surface area contributed by atoms with Crippen molar-refractivity contribution < 1.29 is 14.3 Å². The van der Waals surface area contributed by atoms with Crippen molar-refractivity contribution >= 4 is 34.9 Å². The third kappa shape index (κ3) is 4.60. The number of carbonyl (C=O) groups excluding carboxylic acids is 1. The van der Waals surface area contributed by atoms with Crippen LogP contribution in [0.2, 0.25) is 5.02 Å². The molecule has 0 fully saturated rings. The number of halogens is 1. The van der Waals surface area contributed by atoms with Crippen LogP contribution >= 0.6 is 11.6 Å². The number of benzene rings is 2. The Labute approximate surface area is 199 Å². The average molecular weight is 473 g/mol. The molecule has 8 nitrogen and oxygen atoms in total. The summed E-state index contributed by atoms with van der Waals surface area (Å²) < 4.78 is 12.5. The molecule has 2 aromatic carbocycles. The normalized spacial score (nSPS) is 11.0. The lowest BCUT2D eigenvalue weighted by Crippen LogP contribution is -2.20. The molecule has 2 aromatic heterocycles. The second kappa shape index (κ2) is 9.90. The Hall–Kier alpha value is -4.61. The fraction of sp³-hybridized carbons (Fsp3) is 0.0400. The van der Waals surface area contributed by atoms with Crippen molar-refractivity contribution in [3.63, 3.8) is 0 Å². The average Bonchev–Trinajstić information content (AvgIpc) is 2.85. The van der Waals surface area contributed by atoms with Gasteiger partial charge in [0.25, 0.3) is 11.5 Å². The highest BCUT2D eigenvalue weighted by atomic mass is 35.5. The molecule has 0 aliphatic rings. The standard InChI is InChI=1S/C25H17ClN4O4/c1-33-20-10-4-5-11-21(20)34-24-17(25(32)30-13-7-6-12-22(30)29-24)14-16(15-27)23(31)28-19-9-3-2-8-18(19)26/h2-14H,1H3,(H,28,31)/b16-14-. The molecule has 9 heteroatoms. The topological polar surface area (TPSA) is 106 Å². The molecule has 0 saturated carbocycles. The molecule has 1 amide bonds. The summed E-state index contributed by atoms with van der Waals surface area (Å²) in [6.45, 7) is 0. The number of nitrogens with zero attached hydrogens (tertiary/aromatic N) is 3. The number of ether oxygens (including phenoxy) is 2. The number of pyridine rings is 1. The van der Waals surface area contributed by atoms with Gasteiger partial charge in [0.2, 0.25) is 5.88 Å². The summed E-state index contributed by atoms with van der Waals surface area (Å²) in [5, 5.41) is 12.5. The molecule has 0 aliphatic heterocycles. The molecule has 2 heterocycles. The molecule has 0 aliphatic carbocycles. The van der Waals surface area contributed by atoms with Crippen LogP contribution < -0.4 is 20.3 Å². The van der Waals surface area contributed by atoms with Gasteiger partial charge in [0.1, 0.15) is 22.9 Å². The molecule has 4 rings (SSSR count). The number of anilines is 1. The Morgan fingerprint density at radius 1 is 1.09 bits per heavy atom. The Balaban J connectivity index is 1.83. The minimum Gasteiger partial charge on any atom is -0.493 e. The summed E-state index contributed by atoms with van der Waals surface area (Å²) in [7, 11) is 1.48. The van der Waals surface area contributed by atoms with E-state index < -0.39 is 11.5 Å². The van der Waals surface area contributed by atoms with E-state index in [1.807, 2.05) is 6.07 Å². The number of nitriles is 1. The third-order valence-corrected chi connectivity index (χ3v) is 5.12. The predicted octanol–water partition coefficient (Wildman–Crippen LogP) is 4.69. The highest BCUT2D eigenvalue weighted by Crippen LogP contribution is 2.32. The second-order valence-electron chi connectivity index (χ2n) is 6.92. The van der Waals surface area contributed by atoms with Crippen LogP contribution in [0.5, 0.6) is 17.4 Å². The number of fused-ring (bicyclic) bond motifs is 1. The van der Waals surface area contributed by atoms with Crippen LogP contribution in [0.3, 0.4) is 0 Å². The van der Waals surface area contributed by atoms with Crippen molar-refractivity contribution in [1.29, 1.82) is 5.26 Å². The van der Waals surface area contributed by atoms with E-state index in [4.69, 9.17) is 21.1 Å². The molecule has 0 atom stereocenters. The summed E-state index contributed by atoms with van der Waals surface area (Å²) in [4.78, 5) is 30.5. The van der Waals surface area contributed by atoms with E-state index in [1.165, 1.54) is 17.7 Å². The lowest BCUT2D eigenvalue weighted by atomic mass is 10.1.